The van der Waals surface area contributed by atoms with E-state index < -0.39 is 20.1 Å². The molecule has 0 unspecified atom stereocenters. The lowest BCUT2D eigenvalue weighted by Gasteiger charge is -2.15. The minimum absolute atomic E-state index is 0.00458. The highest BCUT2D eigenvalue weighted by molar-refractivity contribution is 6.76. The molecule has 10 heteroatoms. The minimum atomic E-state index is -4.63. The van der Waals surface area contributed by atoms with Crippen molar-refractivity contribution < 1.29 is 22.6 Å². The third-order valence-corrected chi connectivity index (χ3v) is 6.94. The number of halogens is 3. The first kappa shape index (κ1) is 26.9. The Morgan fingerprint density at radius 2 is 1.71 bits per heavy atom. The molecule has 0 saturated carbocycles. The van der Waals surface area contributed by atoms with Gasteiger partial charge >= 0.3 is 6.18 Å². The Bertz CT molecular complexity index is 1120. The van der Waals surface area contributed by atoms with Crippen molar-refractivity contribution in [3.63, 3.8) is 0 Å². The van der Waals surface area contributed by atoms with Crippen molar-refractivity contribution in [3.05, 3.63) is 47.9 Å². The molecule has 0 aliphatic heterocycles. The number of ether oxygens (including phenoxy) is 2. The van der Waals surface area contributed by atoms with Crippen LogP contribution in [0.4, 0.5) is 13.2 Å². The van der Waals surface area contributed by atoms with Gasteiger partial charge in [0.1, 0.15) is 6.73 Å². The molecule has 35 heavy (non-hydrogen) atoms. The molecule has 0 amide bonds. The highest BCUT2D eigenvalue weighted by Gasteiger charge is 2.38. The summed E-state index contributed by atoms with van der Waals surface area (Å²) in [5, 5.41) is 4.09. The van der Waals surface area contributed by atoms with Crippen molar-refractivity contribution in [3.8, 4) is 28.4 Å². The van der Waals surface area contributed by atoms with Crippen molar-refractivity contribution in [2.45, 2.75) is 59.4 Å². The van der Waals surface area contributed by atoms with Crippen molar-refractivity contribution in [1.29, 1.82) is 0 Å². The van der Waals surface area contributed by atoms with Crippen LogP contribution < -0.4 is 4.74 Å². The van der Waals surface area contributed by atoms with Crippen molar-refractivity contribution >= 4 is 8.07 Å². The summed E-state index contributed by atoms with van der Waals surface area (Å²) in [6.45, 7) is 13.3. The molecule has 0 fully saturated rings. The molecule has 2 aromatic heterocycles. The summed E-state index contributed by atoms with van der Waals surface area (Å²) >= 11 is 0. The van der Waals surface area contributed by atoms with Gasteiger partial charge in [0.15, 0.2) is 5.82 Å². The smallest absolute Gasteiger partial charge is 0.451 e. The van der Waals surface area contributed by atoms with E-state index in [0.717, 1.165) is 27.4 Å². The molecule has 0 aliphatic carbocycles. The zero-order valence-corrected chi connectivity index (χ0v) is 22.1. The zero-order chi connectivity index (χ0) is 25.8. The van der Waals surface area contributed by atoms with Crippen LogP contribution in [0.3, 0.4) is 0 Å². The SMILES string of the molecule is Cc1cc(OCC(C)C)ncc1-c1ccc(-c2nc(C(F)(F)F)n(COCC[Si](C)(C)C)n2)cc1. The zero-order valence-electron chi connectivity index (χ0n) is 21.1. The summed E-state index contributed by atoms with van der Waals surface area (Å²) in [6, 6.07) is 9.82. The Balaban J connectivity index is 1.78. The van der Waals surface area contributed by atoms with Gasteiger partial charge < -0.3 is 9.47 Å². The molecule has 190 valence electrons. The van der Waals surface area contributed by atoms with E-state index in [0.29, 0.717) is 30.6 Å². The van der Waals surface area contributed by atoms with Crippen LogP contribution in [0.25, 0.3) is 22.5 Å². The van der Waals surface area contributed by atoms with Crippen LogP contribution in [-0.2, 0) is 17.6 Å². The Morgan fingerprint density at radius 1 is 1.06 bits per heavy atom. The number of benzene rings is 1. The molecule has 3 aromatic rings. The molecule has 0 N–H and O–H groups in total. The largest absolute Gasteiger partial charge is 0.477 e. The third-order valence-electron chi connectivity index (χ3n) is 5.24. The van der Waals surface area contributed by atoms with E-state index in [1.54, 1.807) is 18.3 Å². The Kier molecular flexibility index (Phi) is 8.37. The second kappa shape index (κ2) is 10.9. The van der Waals surface area contributed by atoms with Crippen LogP contribution in [0.1, 0.15) is 25.2 Å². The molecule has 2 heterocycles. The number of aryl methyl sites for hydroxylation is 1. The van der Waals surface area contributed by atoms with Gasteiger partial charge in [0, 0.05) is 38.1 Å². The first-order chi connectivity index (χ1) is 16.3. The predicted octanol–water partition coefficient (Wildman–Crippen LogP) is 6.68. The van der Waals surface area contributed by atoms with E-state index in [1.165, 1.54) is 0 Å². The summed E-state index contributed by atoms with van der Waals surface area (Å²) in [6.07, 6.45) is -2.89. The number of rotatable bonds is 10. The normalized spacial score (nSPS) is 12.4. The fraction of sp³-hybridized carbons (Fsp3) is 0.480. The van der Waals surface area contributed by atoms with Gasteiger partial charge in [0.05, 0.1) is 6.61 Å². The summed E-state index contributed by atoms with van der Waals surface area (Å²) in [4.78, 5) is 8.15. The number of hydrogen-bond acceptors (Lipinski definition) is 5. The second-order valence-corrected chi connectivity index (χ2v) is 15.8. The standard InChI is InChI=1S/C25H33F3N4O2Si/c1-17(2)15-34-22-13-18(3)21(14-29-22)19-7-9-20(10-8-19)23-30-24(25(26,27)28)32(31-23)16-33-11-12-35(4,5)6/h7-10,13-14,17H,11-12,15-16H2,1-6H3. The molecule has 0 atom stereocenters. The van der Waals surface area contributed by atoms with Crippen molar-refractivity contribution in [2.75, 3.05) is 13.2 Å². The average Bonchev–Trinajstić information content (AvgIpc) is 3.20. The highest BCUT2D eigenvalue weighted by atomic mass is 28.3. The summed E-state index contributed by atoms with van der Waals surface area (Å²) in [5.41, 5.74) is 3.28. The van der Waals surface area contributed by atoms with Gasteiger partial charge in [-0.05, 0) is 30.0 Å². The van der Waals surface area contributed by atoms with E-state index in [1.807, 2.05) is 25.1 Å². The highest BCUT2D eigenvalue weighted by Crippen LogP contribution is 2.31. The summed E-state index contributed by atoms with van der Waals surface area (Å²) < 4.78 is 52.6. The molecule has 0 aliphatic rings. The molecular weight excluding hydrogens is 473 g/mol. The fourth-order valence-corrected chi connectivity index (χ4v) is 4.01. The molecule has 3 rings (SSSR count). The van der Waals surface area contributed by atoms with Crippen LogP contribution in [0.15, 0.2) is 36.5 Å². The van der Waals surface area contributed by atoms with E-state index in [-0.39, 0.29) is 12.6 Å². The minimum Gasteiger partial charge on any atom is -0.477 e. The van der Waals surface area contributed by atoms with Gasteiger partial charge in [-0.25, -0.2) is 14.6 Å². The van der Waals surface area contributed by atoms with E-state index in [9.17, 15) is 13.2 Å². The number of aromatic nitrogens is 4. The first-order valence-corrected chi connectivity index (χ1v) is 15.3. The lowest BCUT2D eigenvalue weighted by atomic mass is 10.0. The molecule has 0 spiro atoms. The van der Waals surface area contributed by atoms with E-state index in [4.69, 9.17) is 9.47 Å². The molecule has 1 aromatic carbocycles. The van der Waals surface area contributed by atoms with Gasteiger partial charge in [-0.15, -0.1) is 5.10 Å². The van der Waals surface area contributed by atoms with Crippen LogP contribution in [0.5, 0.6) is 5.88 Å². The monoisotopic (exact) mass is 506 g/mol. The van der Waals surface area contributed by atoms with Crippen molar-refractivity contribution in [2.24, 2.45) is 5.92 Å². The number of pyridine rings is 1. The first-order valence-electron chi connectivity index (χ1n) is 11.6. The van der Waals surface area contributed by atoms with Gasteiger partial charge in [0.2, 0.25) is 11.7 Å². The lowest BCUT2D eigenvalue weighted by molar-refractivity contribution is -0.150. The Labute approximate surface area is 205 Å². The van der Waals surface area contributed by atoms with Gasteiger partial charge in [-0.1, -0.05) is 57.8 Å². The molecule has 6 nitrogen and oxygen atoms in total. The molecular formula is C25H33F3N4O2Si. The van der Waals surface area contributed by atoms with Crippen LogP contribution in [-0.4, -0.2) is 41.0 Å². The number of alkyl halides is 3. The molecule has 0 radical (unpaired) electrons. The maximum atomic E-state index is 13.5. The van der Waals surface area contributed by atoms with Gasteiger partial charge in [-0.3, -0.25) is 0 Å². The molecule has 0 bridgehead atoms. The number of hydrogen-bond donors (Lipinski definition) is 0. The maximum absolute atomic E-state index is 13.5. The van der Waals surface area contributed by atoms with E-state index >= 15 is 0 Å². The quantitative estimate of drug-likeness (QED) is 0.227. The van der Waals surface area contributed by atoms with E-state index in [2.05, 4.69) is 48.6 Å². The summed E-state index contributed by atoms with van der Waals surface area (Å²) in [5.74, 6) is -0.0967. The van der Waals surface area contributed by atoms with Crippen LogP contribution >= 0.6 is 0 Å². The Morgan fingerprint density at radius 3 is 2.29 bits per heavy atom. The number of nitrogens with zero attached hydrogens (tertiary/aromatic N) is 4. The van der Waals surface area contributed by atoms with Crippen LogP contribution in [0.2, 0.25) is 25.7 Å². The fourth-order valence-electron chi connectivity index (χ4n) is 3.26. The van der Waals surface area contributed by atoms with Gasteiger partial charge in [-0.2, -0.15) is 13.2 Å². The summed E-state index contributed by atoms with van der Waals surface area (Å²) in [7, 11) is -1.35. The van der Waals surface area contributed by atoms with Gasteiger partial charge in [0.25, 0.3) is 0 Å². The second-order valence-electron chi connectivity index (χ2n) is 10.2. The Hall–Kier alpha value is -2.72. The third kappa shape index (κ3) is 7.63. The maximum Gasteiger partial charge on any atom is 0.451 e. The topological polar surface area (TPSA) is 62.1 Å². The molecule has 0 saturated heterocycles. The van der Waals surface area contributed by atoms with Crippen molar-refractivity contribution in [1.82, 2.24) is 19.7 Å². The predicted molar refractivity (Wildman–Crippen MR) is 133 cm³/mol. The average molecular weight is 507 g/mol. The lowest BCUT2D eigenvalue weighted by Crippen LogP contribution is -2.23. The van der Waals surface area contributed by atoms with Crippen LogP contribution in [0, 0.1) is 12.8 Å².